The number of nitrogens with zero attached hydrogens (tertiary/aromatic N) is 4. The number of carbonyl (C=O) groups excluding carboxylic acids is 3. The molecule has 168 valence electrons. The summed E-state index contributed by atoms with van der Waals surface area (Å²) >= 11 is 0. The van der Waals surface area contributed by atoms with E-state index >= 15 is 0 Å². The molecule has 0 aromatic carbocycles. The van der Waals surface area contributed by atoms with E-state index in [4.69, 9.17) is 0 Å². The lowest BCUT2D eigenvalue weighted by atomic mass is 9.96. The number of alkyl halides is 3. The molecule has 0 spiro atoms. The number of anilines is 1. The van der Waals surface area contributed by atoms with Gasteiger partial charge >= 0.3 is 12.2 Å². The Balaban J connectivity index is 1.36. The maximum Gasteiger partial charge on any atom is 0.417 e. The summed E-state index contributed by atoms with van der Waals surface area (Å²) in [7, 11) is 0. The predicted molar refractivity (Wildman–Crippen MR) is 104 cm³/mol. The van der Waals surface area contributed by atoms with Crippen molar-refractivity contribution < 1.29 is 27.6 Å². The Labute approximate surface area is 177 Å². The molecule has 8 nitrogen and oxygen atoms in total. The molecule has 1 N–H and O–H groups in total. The van der Waals surface area contributed by atoms with E-state index in [2.05, 4.69) is 10.3 Å². The lowest BCUT2D eigenvalue weighted by Crippen LogP contribution is -2.47. The van der Waals surface area contributed by atoms with Crippen LogP contribution >= 0.6 is 0 Å². The van der Waals surface area contributed by atoms with Gasteiger partial charge in [0.1, 0.15) is 17.9 Å². The van der Waals surface area contributed by atoms with Crippen LogP contribution in [-0.2, 0) is 15.8 Å². The first-order valence-corrected chi connectivity index (χ1v) is 10.3. The number of urea groups is 1. The lowest BCUT2D eigenvalue weighted by molar-refractivity contribution is -0.139. The molecule has 1 saturated carbocycles. The van der Waals surface area contributed by atoms with Crippen LogP contribution in [0.25, 0.3) is 0 Å². The summed E-state index contributed by atoms with van der Waals surface area (Å²) in [5, 5.41) is 2.73. The van der Waals surface area contributed by atoms with Crippen molar-refractivity contribution in [1.29, 1.82) is 0 Å². The van der Waals surface area contributed by atoms with Crippen molar-refractivity contribution in [1.82, 2.24) is 20.1 Å². The first-order valence-electron chi connectivity index (χ1n) is 10.3. The number of hydrogen-bond acceptors (Lipinski definition) is 5. The summed E-state index contributed by atoms with van der Waals surface area (Å²) in [4.78, 5) is 46.1. The molecule has 0 radical (unpaired) electrons. The van der Waals surface area contributed by atoms with Gasteiger partial charge in [-0.05, 0) is 44.2 Å². The zero-order valence-corrected chi connectivity index (χ0v) is 17.1. The highest BCUT2D eigenvalue weighted by Crippen LogP contribution is 2.42. The highest BCUT2D eigenvalue weighted by atomic mass is 19.4. The van der Waals surface area contributed by atoms with Gasteiger partial charge in [0, 0.05) is 32.4 Å². The average molecular weight is 439 g/mol. The molecule has 3 heterocycles. The smallest absolute Gasteiger partial charge is 0.355 e. The van der Waals surface area contributed by atoms with Crippen LogP contribution in [0, 0.1) is 5.92 Å². The van der Waals surface area contributed by atoms with Crippen LogP contribution < -0.4 is 10.2 Å². The molecule has 1 aliphatic carbocycles. The average Bonchev–Trinajstić information content (AvgIpc) is 3.55. The highest BCUT2D eigenvalue weighted by molar-refractivity contribution is 6.09. The Kier molecular flexibility index (Phi) is 5.30. The summed E-state index contributed by atoms with van der Waals surface area (Å²) in [5.74, 6) is -0.159. The van der Waals surface area contributed by atoms with Crippen molar-refractivity contribution in [2.24, 2.45) is 5.92 Å². The van der Waals surface area contributed by atoms with Gasteiger partial charge in [-0.3, -0.25) is 14.5 Å². The summed E-state index contributed by atoms with van der Waals surface area (Å²) < 4.78 is 38.2. The molecule has 4 amide bonds. The number of imide groups is 1. The molecule has 1 atom stereocenters. The fraction of sp³-hybridized carbons (Fsp3) is 0.600. The molecule has 3 fully saturated rings. The van der Waals surface area contributed by atoms with E-state index in [-0.39, 0.29) is 24.3 Å². The van der Waals surface area contributed by atoms with E-state index < -0.39 is 23.3 Å². The van der Waals surface area contributed by atoms with Gasteiger partial charge in [-0.25, -0.2) is 9.78 Å². The SMILES string of the molecule is C[C@]1(C2CC2)NC(=O)N(CC(=O)N2CCCN(c3ccc(C(F)(F)F)cn3)CC2)C1=O. The summed E-state index contributed by atoms with van der Waals surface area (Å²) in [6.45, 7) is 3.07. The summed E-state index contributed by atoms with van der Waals surface area (Å²) in [5.41, 5.74) is -1.74. The molecule has 3 aliphatic rings. The Morgan fingerprint density at radius 1 is 1.19 bits per heavy atom. The van der Waals surface area contributed by atoms with E-state index in [9.17, 15) is 27.6 Å². The summed E-state index contributed by atoms with van der Waals surface area (Å²) in [6, 6.07) is 1.77. The van der Waals surface area contributed by atoms with Crippen LogP contribution in [0.5, 0.6) is 0 Å². The first kappa shape index (κ1) is 21.4. The van der Waals surface area contributed by atoms with Crippen molar-refractivity contribution >= 4 is 23.7 Å². The van der Waals surface area contributed by atoms with E-state index in [0.29, 0.717) is 38.4 Å². The third-order valence-electron chi connectivity index (χ3n) is 6.24. The van der Waals surface area contributed by atoms with Gasteiger partial charge < -0.3 is 15.1 Å². The van der Waals surface area contributed by atoms with Crippen LogP contribution in [0.1, 0.15) is 31.7 Å². The monoisotopic (exact) mass is 439 g/mol. The second kappa shape index (κ2) is 7.69. The molecule has 1 aromatic heterocycles. The number of amides is 4. The third kappa shape index (κ3) is 4.17. The minimum Gasteiger partial charge on any atom is -0.355 e. The number of nitrogens with one attached hydrogen (secondary N) is 1. The van der Waals surface area contributed by atoms with E-state index in [1.165, 1.54) is 6.07 Å². The van der Waals surface area contributed by atoms with Gasteiger partial charge in [-0.2, -0.15) is 13.2 Å². The molecule has 4 rings (SSSR count). The van der Waals surface area contributed by atoms with E-state index in [1.807, 2.05) is 4.90 Å². The van der Waals surface area contributed by atoms with Crippen molar-refractivity contribution in [2.75, 3.05) is 37.6 Å². The lowest BCUT2D eigenvalue weighted by Gasteiger charge is -2.25. The van der Waals surface area contributed by atoms with Crippen LogP contribution in [0.2, 0.25) is 0 Å². The molecular formula is C20H24F3N5O3. The largest absolute Gasteiger partial charge is 0.417 e. The number of hydrogen-bond donors (Lipinski definition) is 1. The van der Waals surface area contributed by atoms with Crippen LogP contribution in [0.4, 0.5) is 23.8 Å². The number of rotatable bonds is 4. The molecule has 1 aromatic rings. The van der Waals surface area contributed by atoms with Crippen molar-refractivity contribution in [3.63, 3.8) is 0 Å². The van der Waals surface area contributed by atoms with E-state index in [1.54, 1.807) is 11.8 Å². The molecule has 2 saturated heterocycles. The number of aromatic nitrogens is 1. The molecule has 0 unspecified atom stereocenters. The summed E-state index contributed by atoms with van der Waals surface area (Å²) in [6.07, 6.45) is -1.29. The zero-order chi connectivity index (χ0) is 22.4. The van der Waals surface area contributed by atoms with Gasteiger partial charge in [0.25, 0.3) is 5.91 Å². The second-order valence-corrected chi connectivity index (χ2v) is 8.42. The number of pyridine rings is 1. The zero-order valence-electron chi connectivity index (χ0n) is 17.1. The Hall–Kier alpha value is -2.85. The van der Waals surface area contributed by atoms with Gasteiger partial charge in [-0.1, -0.05) is 0 Å². The Morgan fingerprint density at radius 3 is 2.55 bits per heavy atom. The van der Waals surface area contributed by atoms with E-state index in [0.717, 1.165) is 30.0 Å². The van der Waals surface area contributed by atoms with Crippen LogP contribution in [0.3, 0.4) is 0 Å². The standard InChI is InChI=1S/C20H24F3N5O3/c1-19(13-3-4-13)17(30)28(18(31)25-19)12-16(29)27-8-2-7-26(9-10-27)15-6-5-14(11-24-15)20(21,22)23/h5-6,11,13H,2-4,7-10,12H2,1H3,(H,25,31)/t19-/m1/s1. The van der Waals surface area contributed by atoms with Gasteiger partial charge in [0.05, 0.1) is 5.56 Å². The normalized spacial score (nSPS) is 25.0. The van der Waals surface area contributed by atoms with Crippen molar-refractivity contribution in [3.8, 4) is 0 Å². The minimum atomic E-state index is -4.44. The first-order chi connectivity index (χ1) is 14.6. The van der Waals surface area contributed by atoms with Crippen molar-refractivity contribution in [3.05, 3.63) is 23.9 Å². The van der Waals surface area contributed by atoms with Gasteiger partial charge in [0.2, 0.25) is 5.91 Å². The number of carbonyl (C=O) groups is 3. The van der Waals surface area contributed by atoms with Crippen LogP contribution in [-0.4, -0.2) is 70.9 Å². The molecule has 31 heavy (non-hydrogen) atoms. The fourth-order valence-corrected chi connectivity index (χ4v) is 4.17. The molecule has 0 bridgehead atoms. The number of halogens is 3. The predicted octanol–water partition coefficient (Wildman–Crippen LogP) is 1.86. The molecular weight excluding hydrogens is 415 g/mol. The molecule has 2 aliphatic heterocycles. The highest BCUT2D eigenvalue weighted by Gasteiger charge is 2.56. The Morgan fingerprint density at radius 2 is 1.94 bits per heavy atom. The van der Waals surface area contributed by atoms with Crippen LogP contribution in [0.15, 0.2) is 18.3 Å². The second-order valence-electron chi connectivity index (χ2n) is 8.42. The third-order valence-corrected chi connectivity index (χ3v) is 6.24. The Bertz CT molecular complexity index is 887. The maximum absolute atomic E-state index is 12.8. The molecule has 11 heteroatoms. The maximum atomic E-state index is 12.8. The quantitative estimate of drug-likeness (QED) is 0.724. The topological polar surface area (TPSA) is 85.8 Å². The fourth-order valence-electron chi connectivity index (χ4n) is 4.17. The van der Waals surface area contributed by atoms with Crippen molar-refractivity contribution in [2.45, 2.75) is 37.9 Å². The van der Waals surface area contributed by atoms with Gasteiger partial charge in [-0.15, -0.1) is 0 Å². The minimum absolute atomic E-state index is 0.118. The van der Waals surface area contributed by atoms with Gasteiger partial charge in [0.15, 0.2) is 0 Å².